The number of carbonyl (C=O) groups excluding carboxylic acids is 3. The zero-order valence-electron chi connectivity index (χ0n) is 26.4. The molecule has 0 unspecified atom stereocenters. The number of aromatic nitrogens is 3. The molecule has 0 bridgehead atoms. The number of carboxylic acids is 1. The van der Waals surface area contributed by atoms with Crippen LogP contribution in [0.2, 0.25) is 0 Å². The van der Waals surface area contributed by atoms with Crippen molar-refractivity contribution in [2.24, 2.45) is 7.05 Å². The molecular weight excluding hydrogens is 599 g/mol. The summed E-state index contributed by atoms with van der Waals surface area (Å²) in [4.78, 5) is 43.9. The monoisotopic (exact) mass is 632 g/mol. The number of aromatic carboxylic acids is 1. The number of nitrogens with zero attached hydrogens (tertiary/aromatic N) is 4. The molecule has 11 nitrogen and oxygen atoms in total. The Morgan fingerprint density at radius 1 is 0.957 bits per heavy atom. The zero-order valence-corrected chi connectivity index (χ0v) is 28.4. The molecule has 0 atom stereocenters. The number of aryl methyl sites for hydroxylation is 1. The summed E-state index contributed by atoms with van der Waals surface area (Å²) in [7, 11) is 1.84. The van der Waals surface area contributed by atoms with E-state index < -0.39 is 11.6 Å². The molecule has 6 rings (SSSR count). The van der Waals surface area contributed by atoms with E-state index in [1.54, 1.807) is 46.1 Å². The zero-order chi connectivity index (χ0) is 31.7. The van der Waals surface area contributed by atoms with Crippen LogP contribution in [0.4, 0.5) is 0 Å². The maximum atomic E-state index is 13.8. The largest absolute Gasteiger partial charge is 1.00 e. The van der Waals surface area contributed by atoms with E-state index in [1.807, 2.05) is 33.2 Å². The van der Waals surface area contributed by atoms with Gasteiger partial charge in [-0.25, -0.2) is 0 Å². The van der Waals surface area contributed by atoms with Crippen molar-refractivity contribution in [2.45, 2.75) is 38.7 Å². The van der Waals surface area contributed by atoms with E-state index in [2.05, 4.69) is 10.1 Å². The maximum absolute atomic E-state index is 13.8. The summed E-state index contributed by atoms with van der Waals surface area (Å²) in [5.74, 6) is 0.0775. The van der Waals surface area contributed by atoms with E-state index in [-0.39, 0.29) is 53.4 Å². The van der Waals surface area contributed by atoms with Crippen LogP contribution in [0, 0.1) is 0 Å². The van der Waals surface area contributed by atoms with Crippen LogP contribution in [0.1, 0.15) is 64.3 Å². The molecule has 1 saturated heterocycles. The van der Waals surface area contributed by atoms with Gasteiger partial charge >= 0.3 is 29.6 Å². The molecule has 46 heavy (non-hydrogen) atoms. The van der Waals surface area contributed by atoms with Crippen LogP contribution in [0.25, 0.3) is 22.3 Å². The van der Waals surface area contributed by atoms with Gasteiger partial charge in [0, 0.05) is 62.1 Å². The van der Waals surface area contributed by atoms with Crippen LogP contribution < -0.4 is 48.9 Å². The van der Waals surface area contributed by atoms with Gasteiger partial charge in [0.25, 0.3) is 5.91 Å². The fourth-order valence-corrected chi connectivity index (χ4v) is 6.02. The third-order valence-electron chi connectivity index (χ3n) is 8.26. The second-order valence-electron chi connectivity index (χ2n) is 11.2. The molecule has 1 amide bonds. The standard InChI is InChI=1S/C34H34N4O7.Na/c1-4-43-29-15-23(16-30(44-5-2)31(29)24-19-36-37(3)20-24)32(40)38-12-10-34(11-13-38)17-27(39)25-14-21(7-9-28(25)45-34)22-6-8-26(33(41)42)35-18-22;/h6-9,14-16,18-20H,4-5,10-13,17H2,1-3H3,(H,41,42);/q;+1/p-1. The van der Waals surface area contributed by atoms with Crippen LogP contribution in [0.3, 0.4) is 0 Å². The molecule has 4 heterocycles. The first-order chi connectivity index (χ1) is 21.7. The van der Waals surface area contributed by atoms with E-state index in [0.29, 0.717) is 73.1 Å². The van der Waals surface area contributed by atoms with E-state index >= 15 is 0 Å². The van der Waals surface area contributed by atoms with E-state index in [4.69, 9.17) is 14.2 Å². The Labute approximate surface area is 288 Å². The Kier molecular flexibility index (Phi) is 9.85. The number of ether oxygens (including phenoxy) is 3. The number of hydrogen-bond donors (Lipinski definition) is 0. The van der Waals surface area contributed by atoms with Gasteiger partial charge in [-0.15, -0.1) is 0 Å². The quantitative estimate of drug-likeness (QED) is 0.260. The number of pyridine rings is 1. The summed E-state index contributed by atoms with van der Waals surface area (Å²) < 4.78 is 20.1. The van der Waals surface area contributed by atoms with E-state index in [0.717, 1.165) is 16.7 Å². The minimum atomic E-state index is -1.35. The Morgan fingerprint density at radius 2 is 1.63 bits per heavy atom. The molecule has 1 spiro atoms. The van der Waals surface area contributed by atoms with Crippen molar-refractivity contribution < 1.29 is 63.3 Å². The normalized spacial score (nSPS) is 15.0. The molecule has 12 heteroatoms. The number of carboxylic acid groups (broad SMARTS) is 1. The Balaban J connectivity index is 0.00000417. The number of Topliss-reactive ketones (excluding diaryl/α,β-unsaturated/α-hetero) is 1. The summed E-state index contributed by atoms with van der Waals surface area (Å²) in [6.45, 7) is 5.47. The molecule has 2 aromatic carbocycles. The van der Waals surface area contributed by atoms with Gasteiger partial charge in [-0.3, -0.25) is 19.3 Å². The molecule has 0 radical (unpaired) electrons. The first kappa shape index (κ1) is 33.2. The van der Waals surface area contributed by atoms with Crippen molar-refractivity contribution in [1.29, 1.82) is 0 Å². The fraction of sp³-hybridized carbons (Fsp3) is 0.324. The first-order valence-corrected chi connectivity index (χ1v) is 15.0. The van der Waals surface area contributed by atoms with Crippen molar-refractivity contribution in [3.05, 3.63) is 77.9 Å². The predicted octanol–water partition coefficient (Wildman–Crippen LogP) is 0.954. The predicted molar refractivity (Wildman–Crippen MR) is 162 cm³/mol. The molecule has 2 aliphatic heterocycles. The second kappa shape index (κ2) is 13.7. The van der Waals surface area contributed by atoms with Crippen LogP contribution in [-0.4, -0.2) is 69.2 Å². The van der Waals surface area contributed by atoms with Gasteiger partial charge in [-0.05, 0) is 49.7 Å². The minimum Gasteiger partial charge on any atom is -0.543 e. The number of ketones is 1. The number of carbonyl (C=O) groups is 3. The summed E-state index contributed by atoms with van der Waals surface area (Å²) in [6.07, 6.45) is 6.27. The summed E-state index contributed by atoms with van der Waals surface area (Å²) in [5.41, 5.74) is 3.07. The maximum Gasteiger partial charge on any atom is 1.00 e. The van der Waals surface area contributed by atoms with Crippen molar-refractivity contribution in [2.75, 3.05) is 26.3 Å². The smallest absolute Gasteiger partial charge is 0.543 e. The summed E-state index contributed by atoms with van der Waals surface area (Å²) in [6, 6.07) is 11.9. The first-order valence-electron chi connectivity index (χ1n) is 15.0. The van der Waals surface area contributed by atoms with Gasteiger partial charge in [-0.1, -0.05) is 12.1 Å². The molecule has 232 valence electrons. The molecule has 0 N–H and O–H groups in total. The van der Waals surface area contributed by atoms with Gasteiger partial charge < -0.3 is 29.0 Å². The number of amides is 1. The SMILES string of the molecule is CCOc1cc(C(=O)N2CCC3(CC2)CC(=O)c2cc(-c4ccc(C(=O)[O-])nc4)ccc2O3)cc(OCC)c1-c1cnn(C)c1.[Na+]. The topological polar surface area (TPSA) is 136 Å². The van der Waals surface area contributed by atoms with Crippen molar-refractivity contribution in [3.63, 3.8) is 0 Å². The van der Waals surface area contributed by atoms with Gasteiger partial charge in [-0.2, -0.15) is 5.10 Å². The van der Waals surface area contributed by atoms with Gasteiger partial charge in [0.15, 0.2) is 5.78 Å². The number of benzene rings is 2. The third kappa shape index (κ3) is 6.53. The minimum absolute atomic E-state index is 0. The Bertz CT molecular complexity index is 1750. The fourth-order valence-electron chi connectivity index (χ4n) is 6.02. The van der Waals surface area contributed by atoms with Crippen LogP contribution in [0.15, 0.2) is 61.1 Å². The Hall–Kier alpha value is -4.19. The second-order valence-corrected chi connectivity index (χ2v) is 11.2. The van der Waals surface area contributed by atoms with Gasteiger partial charge in [0.05, 0.1) is 48.6 Å². The van der Waals surface area contributed by atoms with Crippen LogP contribution in [0.5, 0.6) is 17.2 Å². The summed E-state index contributed by atoms with van der Waals surface area (Å²) >= 11 is 0. The van der Waals surface area contributed by atoms with Crippen molar-refractivity contribution >= 4 is 17.7 Å². The number of hydrogen-bond acceptors (Lipinski definition) is 9. The van der Waals surface area contributed by atoms with Crippen LogP contribution >= 0.6 is 0 Å². The molecule has 2 aliphatic rings. The average molecular weight is 633 g/mol. The number of likely N-dealkylation sites (tertiary alicyclic amines) is 1. The summed E-state index contributed by atoms with van der Waals surface area (Å²) in [5, 5.41) is 15.3. The van der Waals surface area contributed by atoms with Crippen molar-refractivity contribution in [3.8, 4) is 39.5 Å². The van der Waals surface area contributed by atoms with Gasteiger partial charge in [0.2, 0.25) is 0 Å². The number of rotatable bonds is 8. The van der Waals surface area contributed by atoms with Crippen molar-refractivity contribution in [1.82, 2.24) is 19.7 Å². The third-order valence-corrected chi connectivity index (χ3v) is 8.26. The van der Waals surface area contributed by atoms with E-state index in [9.17, 15) is 19.5 Å². The number of fused-ring (bicyclic) bond motifs is 1. The van der Waals surface area contributed by atoms with Gasteiger partial charge in [0.1, 0.15) is 22.8 Å². The van der Waals surface area contributed by atoms with Crippen LogP contribution in [-0.2, 0) is 7.05 Å². The molecule has 0 aliphatic carbocycles. The number of piperidine rings is 1. The molecular formula is C34H33N4NaO7. The average Bonchev–Trinajstić information content (AvgIpc) is 3.46. The molecule has 1 fully saturated rings. The van der Waals surface area contributed by atoms with E-state index in [1.165, 1.54) is 12.3 Å². The molecule has 4 aromatic rings. The molecule has 2 aromatic heterocycles. The molecule has 0 saturated carbocycles. The Morgan fingerprint density at radius 3 is 2.20 bits per heavy atom.